The highest BCUT2D eigenvalue weighted by Crippen LogP contribution is 2.38. The molecule has 1 aliphatic carbocycles. The van der Waals surface area contributed by atoms with Gasteiger partial charge in [0.25, 0.3) is 0 Å². The number of nitriles is 1. The molecular weight excluding hydrogens is 142 g/mol. The molecule has 1 aliphatic rings. The lowest BCUT2D eigenvalue weighted by Gasteiger charge is -2.43. The fourth-order valence-electron chi connectivity index (χ4n) is 1.47. The Morgan fingerprint density at radius 2 is 2.36 bits per heavy atom. The minimum atomic E-state index is -0.605. The molecule has 1 rings (SSSR count). The lowest BCUT2D eigenvalue weighted by Crippen LogP contribution is -2.49. The van der Waals surface area contributed by atoms with Crippen molar-refractivity contribution in [3.63, 3.8) is 0 Å². The van der Waals surface area contributed by atoms with Crippen LogP contribution in [0.2, 0.25) is 0 Å². The van der Waals surface area contributed by atoms with E-state index in [1.807, 2.05) is 6.07 Å². The third-order valence-electron chi connectivity index (χ3n) is 2.50. The lowest BCUT2D eigenvalue weighted by atomic mass is 9.75. The number of hydrogen-bond donors (Lipinski definition) is 1. The standard InChI is InChI=1S/C8H13NO2/c1-11-8(4-2-5-8)7(10)3-6-9/h7,10H,2-5H2,1H3. The Kier molecular flexibility index (Phi) is 2.48. The van der Waals surface area contributed by atoms with E-state index >= 15 is 0 Å². The predicted octanol–water partition coefficient (Wildman–Crippen LogP) is 0.830. The van der Waals surface area contributed by atoms with Crippen molar-refractivity contribution >= 4 is 0 Å². The normalized spacial score (nSPS) is 23.4. The Bertz CT molecular complexity index is 164. The van der Waals surface area contributed by atoms with Gasteiger partial charge in [0.05, 0.1) is 24.2 Å². The summed E-state index contributed by atoms with van der Waals surface area (Å²) in [6, 6.07) is 1.95. The monoisotopic (exact) mass is 155 g/mol. The van der Waals surface area contributed by atoms with E-state index in [9.17, 15) is 5.11 Å². The molecule has 0 radical (unpaired) electrons. The maximum absolute atomic E-state index is 9.47. The quantitative estimate of drug-likeness (QED) is 0.656. The Morgan fingerprint density at radius 1 is 1.73 bits per heavy atom. The van der Waals surface area contributed by atoms with E-state index in [0.717, 1.165) is 19.3 Å². The number of rotatable bonds is 3. The highest BCUT2D eigenvalue weighted by molar-refractivity contribution is 4.98. The van der Waals surface area contributed by atoms with E-state index in [1.165, 1.54) is 0 Å². The third kappa shape index (κ3) is 1.37. The number of methoxy groups -OCH3 is 1. The van der Waals surface area contributed by atoms with Crippen LogP contribution in [0.5, 0.6) is 0 Å². The second-order valence-electron chi connectivity index (χ2n) is 3.00. The number of nitrogens with zero attached hydrogens (tertiary/aromatic N) is 1. The van der Waals surface area contributed by atoms with E-state index in [-0.39, 0.29) is 6.42 Å². The highest BCUT2D eigenvalue weighted by atomic mass is 16.5. The molecule has 0 amide bonds. The molecule has 0 aliphatic heterocycles. The SMILES string of the molecule is COC1(C(O)CC#N)CCC1. The molecule has 1 unspecified atom stereocenters. The number of ether oxygens (including phenoxy) is 1. The van der Waals surface area contributed by atoms with Gasteiger partial charge in [-0.3, -0.25) is 0 Å². The summed E-state index contributed by atoms with van der Waals surface area (Å²) >= 11 is 0. The smallest absolute Gasteiger partial charge is 0.0959 e. The summed E-state index contributed by atoms with van der Waals surface area (Å²) < 4.78 is 5.19. The predicted molar refractivity (Wildman–Crippen MR) is 39.8 cm³/mol. The molecule has 3 nitrogen and oxygen atoms in total. The average Bonchev–Trinajstić information content (AvgIpc) is 1.87. The molecule has 0 bridgehead atoms. The van der Waals surface area contributed by atoms with Gasteiger partial charge in [-0.15, -0.1) is 0 Å². The molecule has 0 aromatic heterocycles. The molecule has 1 atom stereocenters. The van der Waals surface area contributed by atoms with Crippen LogP contribution in [-0.4, -0.2) is 23.9 Å². The zero-order chi connectivity index (χ0) is 8.32. The summed E-state index contributed by atoms with van der Waals surface area (Å²) in [6.07, 6.45) is 2.43. The van der Waals surface area contributed by atoms with Gasteiger partial charge in [0, 0.05) is 7.11 Å². The van der Waals surface area contributed by atoms with Crippen molar-refractivity contribution in [3.05, 3.63) is 0 Å². The van der Waals surface area contributed by atoms with Crippen LogP contribution in [0, 0.1) is 11.3 Å². The molecule has 0 heterocycles. The van der Waals surface area contributed by atoms with Gasteiger partial charge in [-0.1, -0.05) is 0 Å². The van der Waals surface area contributed by atoms with Crippen LogP contribution in [0.15, 0.2) is 0 Å². The Hall–Kier alpha value is -0.590. The first-order chi connectivity index (χ1) is 5.25. The summed E-state index contributed by atoms with van der Waals surface area (Å²) in [5, 5.41) is 17.8. The lowest BCUT2D eigenvalue weighted by molar-refractivity contribution is -0.147. The van der Waals surface area contributed by atoms with Gasteiger partial charge < -0.3 is 9.84 Å². The molecule has 0 spiro atoms. The molecule has 0 aromatic carbocycles. The number of aliphatic hydroxyl groups excluding tert-OH is 1. The first-order valence-electron chi connectivity index (χ1n) is 3.85. The fourth-order valence-corrected chi connectivity index (χ4v) is 1.47. The van der Waals surface area contributed by atoms with Crippen molar-refractivity contribution in [2.24, 2.45) is 0 Å². The number of hydrogen-bond acceptors (Lipinski definition) is 3. The summed E-state index contributed by atoms with van der Waals surface area (Å²) in [4.78, 5) is 0. The van der Waals surface area contributed by atoms with Gasteiger partial charge in [0.1, 0.15) is 0 Å². The van der Waals surface area contributed by atoms with Crippen LogP contribution in [0.25, 0.3) is 0 Å². The summed E-state index contributed by atoms with van der Waals surface area (Å²) in [5.41, 5.74) is -0.393. The van der Waals surface area contributed by atoms with Crippen LogP contribution in [0.3, 0.4) is 0 Å². The van der Waals surface area contributed by atoms with Gasteiger partial charge in [0.2, 0.25) is 0 Å². The molecule has 11 heavy (non-hydrogen) atoms. The summed E-state index contributed by atoms with van der Waals surface area (Å²) in [7, 11) is 1.60. The van der Waals surface area contributed by atoms with Gasteiger partial charge in [-0.2, -0.15) is 5.26 Å². The zero-order valence-electron chi connectivity index (χ0n) is 6.71. The number of aliphatic hydroxyl groups is 1. The minimum Gasteiger partial charge on any atom is -0.389 e. The second-order valence-corrected chi connectivity index (χ2v) is 3.00. The first kappa shape index (κ1) is 8.51. The van der Waals surface area contributed by atoms with Crippen LogP contribution < -0.4 is 0 Å². The zero-order valence-corrected chi connectivity index (χ0v) is 6.71. The van der Waals surface area contributed by atoms with Gasteiger partial charge in [-0.25, -0.2) is 0 Å². The summed E-state index contributed by atoms with van der Waals surface area (Å²) in [6.45, 7) is 0. The third-order valence-corrected chi connectivity index (χ3v) is 2.50. The van der Waals surface area contributed by atoms with E-state index in [2.05, 4.69) is 0 Å². The van der Waals surface area contributed by atoms with Crippen LogP contribution >= 0.6 is 0 Å². The Morgan fingerprint density at radius 3 is 2.64 bits per heavy atom. The Labute approximate surface area is 66.6 Å². The molecule has 1 fully saturated rings. The maximum atomic E-state index is 9.47. The summed E-state index contributed by atoms with van der Waals surface area (Å²) in [5.74, 6) is 0. The second kappa shape index (κ2) is 3.21. The van der Waals surface area contributed by atoms with E-state index in [1.54, 1.807) is 7.11 Å². The van der Waals surface area contributed by atoms with E-state index < -0.39 is 11.7 Å². The first-order valence-corrected chi connectivity index (χ1v) is 3.85. The van der Waals surface area contributed by atoms with E-state index in [0.29, 0.717) is 0 Å². The molecule has 1 saturated carbocycles. The fraction of sp³-hybridized carbons (Fsp3) is 0.875. The Balaban J connectivity index is 2.48. The van der Waals surface area contributed by atoms with Crippen molar-refractivity contribution in [1.29, 1.82) is 5.26 Å². The van der Waals surface area contributed by atoms with Gasteiger partial charge in [0.15, 0.2) is 0 Å². The molecule has 0 aromatic rings. The van der Waals surface area contributed by atoms with E-state index in [4.69, 9.17) is 10.00 Å². The molecule has 0 saturated heterocycles. The van der Waals surface area contributed by atoms with Gasteiger partial charge in [-0.05, 0) is 19.3 Å². The van der Waals surface area contributed by atoms with Crippen LogP contribution in [0.1, 0.15) is 25.7 Å². The van der Waals surface area contributed by atoms with Crippen molar-refractivity contribution < 1.29 is 9.84 Å². The maximum Gasteiger partial charge on any atom is 0.0959 e. The average molecular weight is 155 g/mol. The topological polar surface area (TPSA) is 53.2 Å². The van der Waals surface area contributed by atoms with Crippen molar-refractivity contribution in [2.45, 2.75) is 37.4 Å². The van der Waals surface area contributed by atoms with Crippen LogP contribution in [-0.2, 0) is 4.74 Å². The highest BCUT2D eigenvalue weighted by Gasteiger charge is 2.43. The molecule has 62 valence electrons. The van der Waals surface area contributed by atoms with Crippen molar-refractivity contribution in [2.75, 3.05) is 7.11 Å². The van der Waals surface area contributed by atoms with Crippen LogP contribution in [0.4, 0.5) is 0 Å². The van der Waals surface area contributed by atoms with Crippen molar-refractivity contribution in [3.8, 4) is 6.07 Å². The van der Waals surface area contributed by atoms with Gasteiger partial charge >= 0.3 is 0 Å². The molecule has 1 N–H and O–H groups in total. The molecule has 3 heteroatoms. The molecular formula is C8H13NO2. The minimum absolute atomic E-state index is 0.174. The largest absolute Gasteiger partial charge is 0.389 e. The van der Waals surface area contributed by atoms with Crippen molar-refractivity contribution in [1.82, 2.24) is 0 Å².